The maximum absolute atomic E-state index is 13.3. The Bertz CT molecular complexity index is 927. The summed E-state index contributed by atoms with van der Waals surface area (Å²) in [4.78, 5) is 5.02. The molecule has 3 nitrogen and oxygen atoms in total. The first kappa shape index (κ1) is 15.8. The van der Waals surface area contributed by atoms with Crippen LogP contribution < -0.4 is 4.80 Å². The lowest BCUT2D eigenvalue weighted by Crippen LogP contribution is -2.11. The minimum absolute atomic E-state index is 0.281. The fraction of sp³-hybridized carbons (Fsp3) is 0.0588. The van der Waals surface area contributed by atoms with Crippen molar-refractivity contribution in [2.24, 2.45) is 10.1 Å². The summed E-state index contributed by atoms with van der Waals surface area (Å²) < 4.78 is 16.0. The van der Waals surface area contributed by atoms with Gasteiger partial charge in [-0.3, -0.25) is 4.99 Å². The Morgan fingerprint density at radius 2 is 2.00 bits per heavy atom. The standard InChI is InChI=1S/C17H13BrFN3S/c1-20-17-22(21-10-12-4-2-7-15(19)8-12)16(11-23-17)13-5-3-6-14(18)9-13/h2-11H,1H3/b20-17?,21-10+. The number of hydrogen-bond donors (Lipinski definition) is 0. The number of thiazole rings is 1. The lowest BCUT2D eigenvalue weighted by atomic mass is 10.2. The highest BCUT2D eigenvalue weighted by Gasteiger charge is 2.07. The quantitative estimate of drug-likeness (QED) is 0.589. The first-order valence-electron chi connectivity index (χ1n) is 6.86. The zero-order chi connectivity index (χ0) is 16.2. The summed E-state index contributed by atoms with van der Waals surface area (Å²) in [5.74, 6) is -0.281. The third kappa shape index (κ3) is 3.65. The van der Waals surface area contributed by atoms with Crippen LogP contribution in [0, 0.1) is 5.82 Å². The van der Waals surface area contributed by atoms with Gasteiger partial charge in [-0.05, 0) is 29.8 Å². The van der Waals surface area contributed by atoms with Gasteiger partial charge in [-0.1, -0.05) is 40.2 Å². The Kier molecular flexibility index (Phi) is 4.83. The van der Waals surface area contributed by atoms with E-state index in [4.69, 9.17) is 0 Å². The number of nitrogens with zero attached hydrogens (tertiary/aromatic N) is 3. The van der Waals surface area contributed by atoms with Crippen molar-refractivity contribution in [2.75, 3.05) is 7.05 Å². The van der Waals surface area contributed by atoms with Crippen molar-refractivity contribution in [3.8, 4) is 11.3 Å². The predicted octanol–water partition coefficient (Wildman–Crippen LogP) is 4.53. The Morgan fingerprint density at radius 3 is 2.74 bits per heavy atom. The molecule has 6 heteroatoms. The minimum Gasteiger partial charge on any atom is -0.261 e. The molecule has 0 radical (unpaired) electrons. The molecule has 116 valence electrons. The zero-order valence-corrected chi connectivity index (χ0v) is 14.7. The maximum atomic E-state index is 13.3. The van der Waals surface area contributed by atoms with Crippen LogP contribution in [0.4, 0.5) is 4.39 Å². The SMILES string of the molecule is CN=c1scc(-c2cccc(Br)c2)n1/N=C/c1cccc(F)c1. The average molecular weight is 390 g/mol. The van der Waals surface area contributed by atoms with Gasteiger partial charge in [-0.15, -0.1) is 11.3 Å². The highest BCUT2D eigenvalue weighted by Crippen LogP contribution is 2.23. The van der Waals surface area contributed by atoms with Gasteiger partial charge in [0.2, 0.25) is 4.80 Å². The summed E-state index contributed by atoms with van der Waals surface area (Å²) in [5, 5.41) is 6.49. The summed E-state index contributed by atoms with van der Waals surface area (Å²) >= 11 is 4.99. The summed E-state index contributed by atoms with van der Waals surface area (Å²) in [7, 11) is 1.73. The lowest BCUT2D eigenvalue weighted by Gasteiger charge is -2.04. The second-order valence-corrected chi connectivity index (χ2v) is 6.50. The van der Waals surface area contributed by atoms with Crippen molar-refractivity contribution in [3.05, 3.63) is 74.6 Å². The van der Waals surface area contributed by atoms with E-state index in [1.807, 2.05) is 29.6 Å². The molecule has 0 atom stereocenters. The number of halogens is 2. The normalized spacial score (nSPS) is 12.2. The second kappa shape index (κ2) is 7.02. The van der Waals surface area contributed by atoms with Crippen LogP contribution in [-0.2, 0) is 0 Å². The summed E-state index contributed by atoms with van der Waals surface area (Å²) in [6.45, 7) is 0. The monoisotopic (exact) mass is 389 g/mol. The van der Waals surface area contributed by atoms with Gasteiger partial charge < -0.3 is 0 Å². The van der Waals surface area contributed by atoms with E-state index in [1.54, 1.807) is 30.1 Å². The highest BCUT2D eigenvalue weighted by molar-refractivity contribution is 9.10. The molecule has 2 aromatic carbocycles. The van der Waals surface area contributed by atoms with Crippen molar-refractivity contribution in [2.45, 2.75) is 0 Å². The molecule has 3 aromatic rings. The maximum Gasteiger partial charge on any atom is 0.205 e. The van der Waals surface area contributed by atoms with E-state index in [-0.39, 0.29) is 5.82 Å². The molecule has 1 heterocycles. The summed E-state index contributed by atoms with van der Waals surface area (Å²) in [6.07, 6.45) is 1.63. The zero-order valence-electron chi connectivity index (χ0n) is 12.3. The van der Waals surface area contributed by atoms with Gasteiger partial charge >= 0.3 is 0 Å². The molecule has 0 aliphatic rings. The van der Waals surface area contributed by atoms with Crippen LogP contribution in [0.1, 0.15) is 5.56 Å². The highest BCUT2D eigenvalue weighted by atomic mass is 79.9. The number of rotatable bonds is 3. The Balaban J connectivity index is 2.06. The average Bonchev–Trinajstić information content (AvgIpc) is 2.96. The molecule has 0 amide bonds. The Morgan fingerprint density at radius 1 is 1.17 bits per heavy atom. The second-order valence-electron chi connectivity index (χ2n) is 4.75. The van der Waals surface area contributed by atoms with Gasteiger partial charge in [-0.25, -0.2) is 9.07 Å². The van der Waals surface area contributed by atoms with Crippen LogP contribution in [0.2, 0.25) is 0 Å². The molecule has 0 saturated carbocycles. The van der Waals surface area contributed by atoms with E-state index >= 15 is 0 Å². The van der Waals surface area contributed by atoms with E-state index in [1.165, 1.54) is 23.5 Å². The van der Waals surface area contributed by atoms with Crippen molar-refractivity contribution >= 4 is 33.5 Å². The third-order valence-electron chi connectivity index (χ3n) is 3.17. The predicted molar refractivity (Wildman–Crippen MR) is 96.3 cm³/mol. The largest absolute Gasteiger partial charge is 0.261 e. The molecule has 0 spiro atoms. The van der Waals surface area contributed by atoms with Crippen molar-refractivity contribution in [1.29, 1.82) is 0 Å². The first-order chi connectivity index (χ1) is 11.2. The first-order valence-corrected chi connectivity index (χ1v) is 8.54. The smallest absolute Gasteiger partial charge is 0.205 e. The molecule has 0 aliphatic heterocycles. The lowest BCUT2D eigenvalue weighted by molar-refractivity contribution is 0.627. The number of hydrogen-bond acceptors (Lipinski definition) is 3. The fourth-order valence-electron chi connectivity index (χ4n) is 2.12. The molecule has 1 aromatic heterocycles. The van der Waals surface area contributed by atoms with Crippen LogP contribution >= 0.6 is 27.3 Å². The van der Waals surface area contributed by atoms with Crippen LogP contribution in [-0.4, -0.2) is 17.9 Å². The van der Waals surface area contributed by atoms with Gasteiger partial charge in [0.15, 0.2) is 0 Å². The van der Waals surface area contributed by atoms with E-state index in [0.29, 0.717) is 5.56 Å². The van der Waals surface area contributed by atoms with E-state index in [0.717, 1.165) is 20.5 Å². The van der Waals surface area contributed by atoms with Gasteiger partial charge in [0.05, 0.1) is 11.9 Å². The van der Waals surface area contributed by atoms with E-state index < -0.39 is 0 Å². The van der Waals surface area contributed by atoms with Gasteiger partial charge in [0.1, 0.15) is 5.82 Å². The molecule has 23 heavy (non-hydrogen) atoms. The Hall–Kier alpha value is -2.05. The molecule has 0 aliphatic carbocycles. The molecule has 3 rings (SSSR count). The van der Waals surface area contributed by atoms with E-state index in [9.17, 15) is 4.39 Å². The van der Waals surface area contributed by atoms with Gasteiger partial charge in [0.25, 0.3) is 0 Å². The molecular formula is C17H13BrFN3S. The third-order valence-corrected chi connectivity index (χ3v) is 4.57. The molecule has 0 saturated heterocycles. The summed E-state index contributed by atoms with van der Waals surface area (Å²) in [5.41, 5.74) is 2.66. The molecule has 0 bridgehead atoms. The topological polar surface area (TPSA) is 29.6 Å². The van der Waals surface area contributed by atoms with Gasteiger partial charge in [-0.2, -0.15) is 5.10 Å². The van der Waals surface area contributed by atoms with Crippen LogP contribution in [0.15, 0.2) is 68.5 Å². The molecule has 0 fully saturated rings. The van der Waals surface area contributed by atoms with Gasteiger partial charge in [0, 0.05) is 22.5 Å². The van der Waals surface area contributed by atoms with Crippen molar-refractivity contribution in [3.63, 3.8) is 0 Å². The van der Waals surface area contributed by atoms with E-state index in [2.05, 4.69) is 26.0 Å². The number of aromatic nitrogens is 1. The van der Waals surface area contributed by atoms with Crippen LogP contribution in [0.3, 0.4) is 0 Å². The van der Waals surface area contributed by atoms with Crippen molar-refractivity contribution < 1.29 is 4.39 Å². The molecule has 0 N–H and O–H groups in total. The fourth-order valence-corrected chi connectivity index (χ4v) is 3.32. The minimum atomic E-state index is -0.281. The van der Waals surface area contributed by atoms with Crippen LogP contribution in [0.25, 0.3) is 11.3 Å². The van der Waals surface area contributed by atoms with Crippen LogP contribution in [0.5, 0.6) is 0 Å². The van der Waals surface area contributed by atoms with Crippen molar-refractivity contribution in [1.82, 2.24) is 4.68 Å². The number of benzene rings is 2. The molecular weight excluding hydrogens is 377 g/mol. The summed E-state index contributed by atoms with van der Waals surface area (Å²) in [6, 6.07) is 14.3. The Labute approximate surface area is 145 Å². The molecule has 0 unspecified atom stereocenters.